The highest BCUT2D eigenvalue weighted by atomic mass is 35.5. The molecule has 0 spiro atoms. The Balaban J connectivity index is 1.69. The smallest absolute Gasteiger partial charge is 0.289 e. The van der Waals surface area contributed by atoms with Gasteiger partial charge in [0.25, 0.3) is 5.69 Å². The van der Waals surface area contributed by atoms with Crippen LogP contribution in [0.15, 0.2) is 87.1 Å². The summed E-state index contributed by atoms with van der Waals surface area (Å²) in [4.78, 5) is 38.2. The number of nitro groups is 1. The van der Waals surface area contributed by atoms with Crippen molar-refractivity contribution in [1.29, 1.82) is 0 Å². The number of benzene rings is 3. The highest BCUT2D eigenvalue weighted by Crippen LogP contribution is 2.28. The van der Waals surface area contributed by atoms with Crippen molar-refractivity contribution in [1.82, 2.24) is 9.21 Å². The van der Waals surface area contributed by atoms with E-state index in [1.807, 2.05) is 0 Å². The van der Waals surface area contributed by atoms with Gasteiger partial charge in [-0.05, 0) is 42.0 Å². The van der Waals surface area contributed by atoms with Crippen LogP contribution < -0.4 is 5.43 Å². The quantitative estimate of drug-likeness (QED) is 0.169. The van der Waals surface area contributed by atoms with Gasteiger partial charge >= 0.3 is 0 Å². The molecule has 220 valence electrons. The summed E-state index contributed by atoms with van der Waals surface area (Å²) in [5.74, 6) is -1.18. The Bertz CT molecular complexity index is 1780. The second kappa shape index (κ2) is 13.2. The standard InChI is InChI=1S/C28H25ClFN3O8S/c1-40-13-12-32(42(38,39)22-10-11-24(29)25(14-22)33(36)37)17-27(34)31(15-19-6-8-21(30)9-7-19)16-20-18-41-26-5-3-2-4-23(26)28(20)35/h2-11,14,18H,12-13,15-17H2,1H3. The van der Waals surface area contributed by atoms with Crippen LogP contribution in [0.25, 0.3) is 11.0 Å². The predicted molar refractivity (Wildman–Crippen MR) is 152 cm³/mol. The van der Waals surface area contributed by atoms with E-state index < -0.39 is 43.8 Å². The van der Waals surface area contributed by atoms with Crippen LogP contribution >= 0.6 is 11.6 Å². The van der Waals surface area contributed by atoms with Crippen molar-refractivity contribution in [2.75, 3.05) is 26.8 Å². The maximum atomic E-state index is 13.7. The highest BCUT2D eigenvalue weighted by molar-refractivity contribution is 7.89. The normalized spacial score (nSPS) is 11.6. The summed E-state index contributed by atoms with van der Waals surface area (Å²) < 4.78 is 52.1. The van der Waals surface area contributed by atoms with Gasteiger partial charge in [0, 0.05) is 26.3 Å². The number of halogens is 2. The summed E-state index contributed by atoms with van der Waals surface area (Å²) in [5, 5.41) is 11.4. The van der Waals surface area contributed by atoms with Crippen molar-refractivity contribution in [3.63, 3.8) is 0 Å². The second-order valence-corrected chi connectivity index (χ2v) is 11.5. The lowest BCUT2D eigenvalue weighted by Crippen LogP contribution is -2.44. The van der Waals surface area contributed by atoms with Crippen LogP contribution in [0, 0.1) is 15.9 Å². The van der Waals surface area contributed by atoms with Gasteiger partial charge in [-0.3, -0.25) is 19.7 Å². The minimum Gasteiger partial charge on any atom is -0.464 e. The van der Waals surface area contributed by atoms with Gasteiger partial charge < -0.3 is 14.1 Å². The monoisotopic (exact) mass is 617 g/mol. The zero-order valence-corrected chi connectivity index (χ0v) is 23.8. The predicted octanol–water partition coefficient (Wildman–Crippen LogP) is 4.36. The molecule has 1 aromatic heterocycles. The molecule has 11 nitrogen and oxygen atoms in total. The third-order valence-corrected chi connectivity index (χ3v) is 8.52. The summed E-state index contributed by atoms with van der Waals surface area (Å²) in [7, 11) is -3.10. The highest BCUT2D eigenvalue weighted by Gasteiger charge is 2.31. The minimum atomic E-state index is -4.45. The molecule has 14 heteroatoms. The maximum absolute atomic E-state index is 13.7. The lowest BCUT2D eigenvalue weighted by molar-refractivity contribution is -0.384. The number of carbonyl (C=O) groups excluding carboxylic acids is 1. The number of hydrogen-bond donors (Lipinski definition) is 0. The van der Waals surface area contributed by atoms with Crippen LogP contribution in [0.2, 0.25) is 5.02 Å². The summed E-state index contributed by atoms with van der Waals surface area (Å²) >= 11 is 5.86. The molecule has 0 radical (unpaired) electrons. The van der Waals surface area contributed by atoms with Crippen molar-refractivity contribution in [3.05, 3.63) is 115 Å². The van der Waals surface area contributed by atoms with Crippen LogP contribution in [-0.2, 0) is 32.6 Å². The van der Waals surface area contributed by atoms with Gasteiger partial charge in [0.15, 0.2) is 5.43 Å². The topological polar surface area (TPSA) is 140 Å². The average molecular weight is 618 g/mol. The van der Waals surface area contributed by atoms with Crippen LogP contribution in [-0.4, -0.2) is 55.3 Å². The zero-order chi connectivity index (χ0) is 30.4. The fourth-order valence-corrected chi connectivity index (χ4v) is 5.73. The first-order chi connectivity index (χ1) is 20.0. The third kappa shape index (κ3) is 6.99. The molecule has 1 amide bonds. The van der Waals surface area contributed by atoms with Crippen LogP contribution in [0.5, 0.6) is 0 Å². The number of fused-ring (bicyclic) bond motifs is 1. The van der Waals surface area contributed by atoms with Gasteiger partial charge in [0.2, 0.25) is 15.9 Å². The first-order valence-electron chi connectivity index (χ1n) is 12.5. The van der Waals surface area contributed by atoms with Crippen molar-refractivity contribution >= 4 is 44.2 Å². The van der Waals surface area contributed by atoms with E-state index in [9.17, 15) is 32.5 Å². The number of hydrogen-bond acceptors (Lipinski definition) is 8. The van der Waals surface area contributed by atoms with E-state index in [1.165, 1.54) is 42.5 Å². The molecule has 0 unspecified atom stereocenters. The van der Waals surface area contributed by atoms with E-state index in [2.05, 4.69) is 0 Å². The van der Waals surface area contributed by atoms with E-state index in [1.54, 1.807) is 24.3 Å². The number of amides is 1. The maximum Gasteiger partial charge on any atom is 0.289 e. The largest absolute Gasteiger partial charge is 0.464 e. The summed E-state index contributed by atoms with van der Waals surface area (Å²) in [5.41, 5.74) is 0.0395. The van der Waals surface area contributed by atoms with Crippen molar-refractivity contribution in [2.45, 2.75) is 18.0 Å². The first kappa shape index (κ1) is 30.8. The molecule has 0 saturated heterocycles. The van der Waals surface area contributed by atoms with Crippen molar-refractivity contribution < 1.29 is 31.7 Å². The van der Waals surface area contributed by atoms with E-state index >= 15 is 0 Å². The number of rotatable bonds is 12. The first-order valence-corrected chi connectivity index (χ1v) is 14.3. The molecule has 3 aromatic carbocycles. The van der Waals surface area contributed by atoms with Gasteiger partial charge in [-0.25, -0.2) is 12.8 Å². The number of carbonyl (C=O) groups is 1. The number of para-hydroxylation sites is 1. The molecule has 0 bridgehead atoms. The molecular weight excluding hydrogens is 593 g/mol. The number of nitro benzene ring substituents is 1. The second-order valence-electron chi connectivity index (χ2n) is 9.16. The third-order valence-electron chi connectivity index (χ3n) is 6.36. The van der Waals surface area contributed by atoms with Crippen LogP contribution in [0.4, 0.5) is 10.1 Å². The summed E-state index contributed by atoms with van der Waals surface area (Å²) in [6.45, 7) is -1.37. The van der Waals surface area contributed by atoms with Crippen LogP contribution in [0.1, 0.15) is 11.1 Å². The molecule has 0 aliphatic heterocycles. The minimum absolute atomic E-state index is 0.0873. The molecule has 1 heterocycles. The number of nitrogens with zero attached hydrogens (tertiary/aromatic N) is 3. The van der Waals surface area contributed by atoms with E-state index in [-0.39, 0.29) is 42.3 Å². The molecule has 0 N–H and O–H groups in total. The lowest BCUT2D eigenvalue weighted by Gasteiger charge is -2.27. The summed E-state index contributed by atoms with van der Waals surface area (Å²) in [6.07, 6.45) is 1.24. The Morgan fingerprint density at radius 3 is 2.50 bits per heavy atom. The van der Waals surface area contributed by atoms with E-state index in [4.69, 9.17) is 20.8 Å². The Morgan fingerprint density at radius 1 is 1.10 bits per heavy atom. The summed E-state index contributed by atoms with van der Waals surface area (Å²) in [6, 6.07) is 14.9. The van der Waals surface area contributed by atoms with Gasteiger partial charge in [-0.15, -0.1) is 0 Å². The van der Waals surface area contributed by atoms with E-state index in [0.717, 1.165) is 22.5 Å². The van der Waals surface area contributed by atoms with Crippen LogP contribution in [0.3, 0.4) is 0 Å². The van der Waals surface area contributed by atoms with Gasteiger partial charge in [0.05, 0.1) is 46.7 Å². The number of methoxy groups -OCH3 is 1. The molecule has 42 heavy (non-hydrogen) atoms. The number of sulfonamides is 1. The van der Waals surface area contributed by atoms with E-state index in [0.29, 0.717) is 16.5 Å². The van der Waals surface area contributed by atoms with Gasteiger partial charge in [-0.1, -0.05) is 35.9 Å². The lowest BCUT2D eigenvalue weighted by atomic mass is 10.1. The molecular formula is C28H25ClFN3O8S. The fourth-order valence-electron chi connectivity index (χ4n) is 4.15. The molecule has 0 saturated carbocycles. The van der Waals surface area contributed by atoms with Crippen molar-refractivity contribution in [3.8, 4) is 0 Å². The van der Waals surface area contributed by atoms with Gasteiger partial charge in [0.1, 0.15) is 16.4 Å². The molecule has 4 rings (SSSR count). The Hall–Kier alpha value is -4.17. The SMILES string of the molecule is COCCN(CC(=O)N(Cc1ccc(F)cc1)Cc1coc2ccccc2c1=O)S(=O)(=O)c1ccc(Cl)c([N+](=O)[O-])c1. The molecule has 4 aromatic rings. The zero-order valence-electron chi connectivity index (χ0n) is 22.2. The van der Waals surface area contributed by atoms with Gasteiger partial charge in [-0.2, -0.15) is 4.31 Å². The fraction of sp³-hybridized carbons (Fsp3) is 0.214. The molecule has 0 aliphatic carbocycles. The Kier molecular flexibility index (Phi) is 9.68. The molecule has 0 fully saturated rings. The Morgan fingerprint density at radius 2 is 1.81 bits per heavy atom. The van der Waals surface area contributed by atoms with Crippen molar-refractivity contribution in [2.24, 2.45) is 0 Å². The molecule has 0 atom stereocenters. The Labute approximate surface area is 244 Å². The number of ether oxygens (including phenoxy) is 1. The molecule has 0 aliphatic rings. The average Bonchev–Trinajstić information content (AvgIpc) is 2.97.